The fraction of sp³-hybridized carbons (Fsp3) is 0.394. The Morgan fingerprint density at radius 3 is 2.52 bits per heavy atom. The summed E-state index contributed by atoms with van der Waals surface area (Å²) < 4.78 is 18.4. The minimum absolute atomic E-state index is 0.162. The van der Waals surface area contributed by atoms with Crippen molar-refractivity contribution in [1.29, 1.82) is 0 Å². The minimum atomic E-state index is -0.162. The molecule has 3 aromatic carbocycles. The lowest BCUT2D eigenvalue weighted by molar-refractivity contribution is -0.128. The number of anilines is 1. The predicted molar refractivity (Wildman–Crippen MR) is 164 cm³/mol. The first-order valence-electron chi connectivity index (χ1n) is 14.7. The van der Waals surface area contributed by atoms with Crippen LogP contribution in [0.1, 0.15) is 44.1 Å². The number of nitrogens with one attached hydrogen (secondary N) is 1. The Morgan fingerprint density at radius 1 is 0.857 bits per heavy atom. The van der Waals surface area contributed by atoms with Crippen LogP contribution in [0.3, 0.4) is 0 Å². The summed E-state index contributed by atoms with van der Waals surface area (Å²) in [5.41, 5.74) is 1.50. The first-order valence-corrected chi connectivity index (χ1v) is 15.1. The van der Waals surface area contributed by atoms with Crippen molar-refractivity contribution in [3.05, 3.63) is 77.3 Å². The number of para-hydroxylation sites is 3. The molecule has 222 valence electrons. The Kier molecular flexibility index (Phi) is 10.6. The van der Waals surface area contributed by atoms with Gasteiger partial charge in [-0.15, -0.1) is 0 Å². The highest BCUT2D eigenvalue weighted by Gasteiger charge is 2.20. The second-order valence-corrected chi connectivity index (χ2v) is 11.1. The number of ether oxygens (including phenoxy) is 3. The summed E-state index contributed by atoms with van der Waals surface area (Å²) in [5.74, 6) is 2.53. The normalized spacial score (nSPS) is 17.0. The summed E-state index contributed by atoms with van der Waals surface area (Å²) in [4.78, 5) is 29.4. The van der Waals surface area contributed by atoms with Gasteiger partial charge in [0.2, 0.25) is 11.8 Å². The number of benzene rings is 3. The van der Waals surface area contributed by atoms with E-state index in [9.17, 15) is 9.59 Å². The zero-order valence-electron chi connectivity index (χ0n) is 23.9. The van der Waals surface area contributed by atoms with E-state index < -0.39 is 0 Å². The van der Waals surface area contributed by atoms with Crippen LogP contribution in [0, 0.1) is 0 Å². The maximum atomic E-state index is 13.4. The van der Waals surface area contributed by atoms with Crippen molar-refractivity contribution >= 4 is 29.1 Å². The van der Waals surface area contributed by atoms with E-state index in [1.807, 2.05) is 53.4 Å². The molecule has 0 saturated carbocycles. The molecule has 8 nitrogen and oxygen atoms in total. The largest absolute Gasteiger partial charge is 0.491 e. The quantitative estimate of drug-likeness (QED) is 0.351. The highest BCUT2D eigenvalue weighted by Crippen LogP contribution is 2.36. The van der Waals surface area contributed by atoms with Gasteiger partial charge in [0.25, 0.3) is 0 Å². The second-order valence-electron chi connectivity index (χ2n) is 10.7. The van der Waals surface area contributed by atoms with Crippen LogP contribution < -0.4 is 19.5 Å². The van der Waals surface area contributed by atoms with E-state index >= 15 is 0 Å². The third kappa shape index (κ3) is 8.39. The summed E-state index contributed by atoms with van der Waals surface area (Å²) in [6.07, 6.45) is 5.47. The van der Waals surface area contributed by atoms with Gasteiger partial charge >= 0.3 is 0 Å². The van der Waals surface area contributed by atoms with E-state index in [4.69, 9.17) is 25.8 Å². The van der Waals surface area contributed by atoms with Crippen molar-refractivity contribution < 1.29 is 23.8 Å². The average molecular weight is 592 g/mol. The molecule has 0 radical (unpaired) electrons. The maximum Gasteiger partial charge on any atom is 0.238 e. The highest BCUT2D eigenvalue weighted by molar-refractivity contribution is 6.31. The van der Waals surface area contributed by atoms with Crippen LogP contribution in [0.4, 0.5) is 5.69 Å². The monoisotopic (exact) mass is 591 g/mol. The lowest BCUT2D eigenvalue weighted by Gasteiger charge is -2.24. The maximum absolute atomic E-state index is 13.4. The van der Waals surface area contributed by atoms with Crippen molar-refractivity contribution in [2.75, 3.05) is 44.7 Å². The van der Waals surface area contributed by atoms with Gasteiger partial charge < -0.3 is 24.4 Å². The third-order valence-corrected chi connectivity index (χ3v) is 7.67. The van der Waals surface area contributed by atoms with E-state index in [1.54, 1.807) is 18.2 Å². The van der Waals surface area contributed by atoms with Gasteiger partial charge in [-0.1, -0.05) is 54.8 Å². The Hall–Kier alpha value is -3.75. The molecule has 2 aliphatic heterocycles. The smallest absolute Gasteiger partial charge is 0.238 e. The molecule has 0 spiro atoms. The fourth-order valence-corrected chi connectivity index (χ4v) is 5.44. The van der Waals surface area contributed by atoms with Crippen molar-refractivity contribution in [2.45, 2.75) is 45.1 Å². The van der Waals surface area contributed by atoms with Gasteiger partial charge in [-0.05, 0) is 62.2 Å². The van der Waals surface area contributed by atoms with Crippen LogP contribution >= 0.6 is 11.6 Å². The molecule has 3 aromatic rings. The molecule has 0 atom stereocenters. The highest BCUT2D eigenvalue weighted by atomic mass is 35.5. The number of likely N-dealkylation sites (tertiary alicyclic amines) is 1. The van der Waals surface area contributed by atoms with E-state index in [0.29, 0.717) is 60.7 Å². The van der Waals surface area contributed by atoms with Gasteiger partial charge in [0, 0.05) is 30.1 Å². The van der Waals surface area contributed by atoms with E-state index in [1.165, 1.54) is 0 Å². The SMILES string of the molecule is O=C1CN(Cc2ccccc2OCCN2CCCC2=O)CCCCCCOc2ccccc2Oc2ccc(Cl)cc2N1. The van der Waals surface area contributed by atoms with Crippen molar-refractivity contribution in [3.8, 4) is 23.0 Å². The molecule has 1 fully saturated rings. The Bertz CT molecular complexity index is 1370. The lowest BCUT2D eigenvalue weighted by Crippen LogP contribution is -2.34. The molecule has 42 heavy (non-hydrogen) atoms. The Balaban J connectivity index is 1.30. The van der Waals surface area contributed by atoms with Gasteiger partial charge in [-0.2, -0.15) is 0 Å². The minimum Gasteiger partial charge on any atom is -0.491 e. The van der Waals surface area contributed by atoms with Crippen LogP contribution in [0.2, 0.25) is 5.02 Å². The van der Waals surface area contributed by atoms with E-state index in [0.717, 1.165) is 56.5 Å². The molecular formula is C33H38ClN3O5. The first-order chi connectivity index (χ1) is 20.5. The van der Waals surface area contributed by atoms with Gasteiger partial charge in [0.1, 0.15) is 12.4 Å². The molecule has 2 aliphatic rings. The van der Waals surface area contributed by atoms with Crippen LogP contribution in [0.15, 0.2) is 66.7 Å². The molecule has 0 aromatic heterocycles. The molecule has 1 saturated heterocycles. The summed E-state index contributed by atoms with van der Waals surface area (Å²) >= 11 is 6.30. The standard InChI is InChI=1S/C33H38ClN3O5/c34-26-15-16-29-27(22-26)35-32(38)24-36(17-7-1-2-8-20-40-30-12-5-6-13-31(30)42-29)23-25-10-3-4-11-28(25)41-21-19-37-18-9-14-33(37)39/h3-6,10-13,15-16,22H,1-2,7-9,14,17-21,23-24H2,(H,35,38). The molecule has 2 amide bonds. The summed E-state index contributed by atoms with van der Waals surface area (Å²) in [5, 5.41) is 3.51. The number of carbonyl (C=O) groups is 2. The molecule has 2 heterocycles. The van der Waals surface area contributed by atoms with Gasteiger partial charge in [-0.3, -0.25) is 14.5 Å². The topological polar surface area (TPSA) is 80.3 Å². The number of carbonyl (C=O) groups excluding carboxylic acids is 2. The molecule has 0 bridgehead atoms. The average Bonchev–Trinajstić information content (AvgIpc) is 3.39. The number of hydrogen-bond acceptors (Lipinski definition) is 6. The van der Waals surface area contributed by atoms with E-state index in [2.05, 4.69) is 10.2 Å². The van der Waals surface area contributed by atoms with Crippen molar-refractivity contribution in [3.63, 3.8) is 0 Å². The second kappa shape index (κ2) is 14.9. The molecule has 9 heteroatoms. The Labute approximate surface area is 252 Å². The van der Waals surface area contributed by atoms with Crippen LogP contribution in [0.5, 0.6) is 23.0 Å². The van der Waals surface area contributed by atoms with Crippen molar-refractivity contribution in [1.82, 2.24) is 9.80 Å². The fourth-order valence-electron chi connectivity index (χ4n) is 5.26. The molecule has 5 rings (SSSR count). The summed E-state index contributed by atoms with van der Waals surface area (Å²) in [6.45, 7) is 3.92. The number of nitrogens with zero attached hydrogens (tertiary/aromatic N) is 2. The van der Waals surface area contributed by atoms with Crippen molar-refractivity contribution in [2.24, 2.45) is 0 Å². The van der Waals surface area contributed by atoms with E-state index in [-0.39, 0.29) is 18.4 Å². The number of hydrogen-bond donors (Lipinski definition) is 1. The number of fused-ring (bicyclic) bond motifs is 2. The van der Waals surface area contributed by atoms with Crippen LogP contribution in [0.25, 0.3) is 0 Å². The predicted octanol–water partition coefficient (Wildman–Crippen LogP) is 6.53. The van der Waals surface area contributed by atoms with Crippen LogP contribution in [-0.2, 0) is 16.1 Å². The lowest BCUT2D eigenvalue weighted by atomic mass is 10.1. The number of amides is 2. The molecule has 0 aliphatic carbocycles. The zero-order valence-corrected chi connectivity index (χ0v) is 24.6. The van der Waals surface area contributed by atoms with Gasteiger partial charge in [0.15, 0.2) is 17.2 Å². The summed E-state index contributed by atoms with van der Waals surface area (Å²) in [7, 11) is 0. The number of rotatable bonds is 6. The van der Waals surface area contributed by atoms with Gasteiger partial charge in [-0.25, -0.2) is 0 Å². The van der Waals surface area contributed by atoms with Gasteiger partial charge in [0.05, 0.1) is 25.4 Å². The third-order valence-electron chi connectivity index (χ3n) is 7.43. The number of halogens is 1. The molecule has 0 unspecified atom stereocenters. The Morgan fingerprint density at radius 2 is 1.67 bits per heavy atom. The van der Waals surface area contributed by atoms with Crippen LogP contribution in [-0.4, -0.2) is 61.0 Å². The summed E-state index contributed by atoms with van der Waals surface area (Å²) in [6, 6.07) is 20.6. The molecule has 1 N–H and O–H groups in total. The first kappa shape index (κ1) is 29.7. The zero-order chi connectivity index (χ0) is 29.1. The molecular weight excluding hydrogens is 554 g/mol.